The van der Waals surface area contributed by atoms with E-state index in [0.717, 1.165) is 13.9 Å². The van der Waals surface area contributed by atoms with E-state index in [-0.39, 0.29) is 18.9 Å². The first-order valence-corrected chi connectivity index (χ1v) is 5.93. The molecule has 1 aromatic heterocycles. The third-order valence-corrected chi connectivity index (χ3v) is 4.10. The van der Waals surface area contributed by atoms with Crippen LogP contribution in [0.1, 0.15) is 0 Å². The summed E-state index contributed by atoms with van der Waals surface area (Å²) < 4.78 is 5.24. The van der Waals surface area contributed by atoms with Crippen LogP contribution in [-0.4, -0.2) is 26.0 Å². The van der Waals surface area contributed by atoms with Gasteiger partial charge < -0.3 is 4.74 Å². The number of benzene rings is 2. The molecule has 0 aliphatic rings. The Morgan fingerprint density at radius 2 is 1.69 bits per heavy atom. The Morgan fingerprint density at radius 3 is 2.50 bits per heavy atom. The fraction of sp³-hybridized carbons (Fsp3) is 0.0769. The van der Waals surface area contributed by atoms with Gasteiger partial charge in [-0.1, -0.05) is 24.3 Å². The van der Waals surface area contributed by atoms with E-state index in [1.165, 1.54) is 21.0 Å². The summed E-state index contributed by atoms with van der Waals surface area (Å²) in [5.41, 5.74) is 0. The summed E-state index contributed by atoms with van der Waals surface area (Å²) in [5.74, 6) is 0.953. The molecule has 0 saturated carbocycles. The van der Waals surface area contributed by atoms with Gasteiger partial charge in [0.2, 0.25) is 0 Å². The monoisotopic (exact) mass is 222 g/mol. The Labute approximate surface area is 108 Å². The first kappa shape index (κ1) is 11.6. The van der Waals surface area contributed by atoms with Gasteiger partial charge in [-0.25, -0.2) is 0 Å². The van der Waals surface area contributed by atoms with Crippen molar-refractivity contribution in [3.05, 3.63) is 42.5 Å². The van der Waals surface area contributed by atoms with Gasteiger partial charge in [-0.3, -0.25) is 0 Å². The standard InChI is InChI=1S/C13H11OP.Li.H/c1-14-9-6-7-11-10-4-2-3-5-12(10)15-13(11)8-9;;/h2-8,15H,1H3;;. The second kappa shape index (κ2) is 4.56. The van der Waals surface area contributed by atoms with Crippen LogP contribution in [0.2, 0.25) is 0 Å². The van der Waals surface area contributed by atoms with Gasteiger partial charge in [0.25, 0.3) is 0 Å². The molecule has 0 aliphatic carbocycles. The predicted octanol–water partition coefficient (Wildman–Crippen LogP) is 3.38. The van der Waals surface area contributed by atoms with Crippen molar-refractivity contribution >= 4 is 48.1 Å². The Morgan fingerprint density at radius 1 is 0.938 bits per heavy atom. The SMILES string of the molecule is COc1ccc2c(c1)[pH]c1ccccc12.[LiH]. The summed E-state index contributed by atoms with van der Waals surface area (Å²) in [6, 6.07) is 14.9. The van der Waals surface area contributed by atoms with E-state index in [2.05, 4.69) is 36.4 Å². The third-order valence-electron chi connectivity index (χ3n) is 2.71. The van der Waals surface area contributed by atoms with Gasteiger partial charge in [0.05, 0.1) is 7.11 Å². The van der Waals surface area contributed by atoms with E-state index >= 15 is 0 Å². The van der Waals surface area contributed by atoms with Crippen molar-refractivity contribution in [1.82, 2.24) is 0 Å². The third kappa shape index (κ3) is 1.76. The van der Waals surface area contributed by atoms with Gasteiger partial charge >= 0.3 is 18.9 Å². The zero-order valence-electron chi connectivity index (χ0n) is 8.45. The molecular formula is C13H12LiOP. The fourth-order valence-electron chi connectivity index (χ4n) is 1.96. The molecule has 0 radical (unpaired) electrons. The molecule has 1 nitrogen and oxygen atoms in total. The minimum atomic E-state index is 0. The number of methoxy groups -OCH3 is 1. The number of rotatable bonds is 1. The molecule has 0 saturated heterocycles. The molecule has 3 aromatic rings. The Hall–Kier alpha value is -0.863. The maximum absolute atomic E-state index is 5.24. The van der Waals surface area contributed by atoms with Crippen LogP contribution in [0.5, 0.6) is 5.75 Å². The van der Waals surface area contributed by atoms with Crippen molar-refractivity contribution in [2.24, 2.45) is 0 Å². The number of hydrogen-bond acceptors (Lipinski definition) is 1. The van der Waals surface area contributed by atoms with Gasteiger partial charge in [-0.15, -0.1) is 8.19 Å². The van der Waals surface area contributed by atoms with Crippen molar-refractivity contribution in [3.8, 4) is 5.75 Å². The molecule has 1 atom stereocenters. The van der Waals surface area contributed by atoms with Gasteiger partial charge in [0.15, 0.2) is 0 Å². The van der Waals surface area contributed by atoms with E-state index in [1.807, 2.05) is 6.07 Å². The predicted molar refractivity (Wildman–Crippen MR) is 74.7 cm³/mol. The van der Waals surface area contributed by atoms with Crippen LogP contribution >= 0.6 is 8.19 Å². The van der Waals surface area contributed by atoms with Crippen molar-refractivity contribution < 1.29 is 4.74 Å². The molecule has 0 amide bonds. The first-order valence-electron chi connectivity index (χ1n) is 4.93. The molecular weight excluding hydrogens is 210 g/mol. The minimum absolute atomic E-state index is 0. The normalized spacial score (nSPS) is 10.8. The number of fused-ring (bicyclic) bond motifs is 3. The summed E-state index contributed by atoms with van der Waals surface area (Å²) in [4.78, 5) is 0. The maximum atomic E-state index is 5.24. The van der Waals surface area contributed by atoms with Crippen LogP contribution in [0.25, 0.3) is 21.0 Å². The number of ether oxygens (including phenoxy) is 1. The van der Waals surface area contributed by atoms with E-state index in [1.54, 1.807) is 7.11 Å². The van der Waals surface area contributed by atoms with Gasteiger partial charge in [-0.05, 0) is 34.1 Å². The Bertz CT molecular complexity index is 630. The second-order valence-electron chi connectivity index (χ2n) is 3.58. The van der Waals surface area contributed by atoms with E-state index < -0.39 is 0 Å². The average Bonchev–Trinajstić information content (AvgIpc) is 2.66. The van der Waals surface area contributed by atoms with Crippen LogP contribution in [0, 0.1) is 0 Å². The molecule has 0 bridgehead atoms. The average molecular weight is 222 g/mol. The summed E-state index contributed by atoms with van der Waals surface area (Å²) in [5, 5.41) is 5.59. The number of hydrogen-bond donors (Lipinski definition) is 0. The van der Waals surface area contributed by atoms with Crippen LogP contribution < -0.4 is 4.74 Å². The van der Waals surface area contributed by atoms with Gasteiger partial charge in [-0.2, -0.15) is 0 Å². The molecule has 0 N–H and O–H groups in total. The van der Waals surface area contributed by atoms with Crippen molar-refractivity contribution in [2.45, 2.75) is 0 Å². The van der Waals surface area contributed by atoms with Crippen LogP contribution in [-0.2, 0) is 0 Å². The molecule has 0 aliphatic heterocycles. The van der Waals surface area contributed by atoms with Crippen LogP contribution in [0.4, 0.5) is 0 Å². The van der Waals surface area contributed by atoms with E-state index in [0.29, 0.717) is 0 Å². The van der Waals surface area contributed by atoms with Crippen LogP contribution in [0.3, 0.4) is 0 Å². The summed E-state index contributed by atoms with van der Waals surface area (Å²) in [6.45, 7) is 0. The van der Waals surface area contributed by atoms with Crippen LogP contribution in [0.15, 0.2) is 42.5 Å². The van der Waals surface area contributed by atoms with Gasteiger partial charge in [0.1, 0.15) is 5.75 Å². The molecule has 16 heavy (non-hydrogen) atoms. The Balaban J connectivity index is 0.000000963. The van der Waals surface area contributed by atoms with Crippen molar-refractivity contribution in [2.75, 3.05) is 7.11 Å². The molecule has 1 unspecified atom stereocenters. The molecule has 0 spiro atoms. The van der Waals surface area contributed by atoms with E-state index in [9.17, 15) is 0 Å². The van der Waals surface area contributed by atoms with Crippen molar-refractivity contribution in [3.63, 3.8) is 0 Å². The van der Waals surface area contributed by atoms with E-state index in [4.69, 9.17) is 4.74 Å². The first-order chi connectivity index (χ1) is 7.38. The molecule has 3 heteroatoms. The molecule has 1 heterocycles. The second-order valence-corrected chi connectivity index (χ2v) is 4.91. The summed E-state index contributed by atoms with van der Waals surface area (Å²) in [7, 11) is 2.49. The van der Waals surface area contributed by atoms with Crippen molar-refractivity contribution in [1.29, 1.82) is 0 Å². The zero-order valence-corrected chi connectivity index (χ0v) is 9.45. The molecule has 2 aromatic carbocycles. The topological polar surface area (TPSA) is 9.23 Å². The fourth-order valence-corrected chi connectivity index (χ4v) is 3.35. The summed E-state index contributed by atoms with van der Waals surface area (Å²) >= 11 is 0. The van der Waals surface area contributed by atoms with Gasteiger partial charge in [0, 0.05) is 5.12 Å². The zero-order chi connectivity index (χ0) is 10.3. The Kier molecular flexibility index (Phi) is 3.31. The quantitative estimate of drug-likeness (QED) is 0.573. The molecule has 0 fully saturated rings. The summed E-state index contributed by atoms with van der Waals surface area (Å²) in [6.07, 6.45) is 0. The molecule has 76 valence electrons. The molecule has 3 rings (SSSR count).